The van der Waals surface area contributed by atoms with E-state index in [-0.39, 0.29) is 12.5 Å². The van der Waals surface area contributed by atoms with Crippen LogP contribution >= 0.6 is 0 Å². The van der Waals surface area contributed by atoms with E-state index < -0.39 is 17.8 Å². The number of carbonyl (C=O) groups is 3. The minimum atomic E-state index is -1.15. The minimum absolute atomic E-state index is 0.0457. The van der Waals surface area contributed by atoms with Crippen LogP contribution in [0.5, 0.6) is 0 Å². The van der Waals surface area contributed by atoms with Gasteiger partial charge < -0.3 is 15.7 Å². The van der Waals surface area contributed by atoms with Crippen molar-refractivity contribution in [2.24, 2.45) is 5.92 Å². The Labute approximate surface area is 109 Å². The van der Waals surface area contributed by atoms with Crippen LogP contribution in [-0.2, 0) is 27.3 Å². The molecule has 2 amide bonds. The first-order chi connectivity index (χ1) is 8.97. The number of carboxylic acid groups (broad SMARTS) is 1. The van der Waals surface area contributed by atoms with E-state index in [1.807, 2.05) is 6.07 Å². The molecule has 2 rings (SSSR count). The lowest BCUT2D eigenvalue weighted by molar-refractivity contribution is -0.146. The van der Waals surface area contributed by atoms with Crippen molar-refractivity contribution < 1.29 is 19.5 Å². The van der Waals surface area contributed by atoms with Gasteiger partial charge in [-0.25, -0.2) is 0 Å². The molecule has 6 heteroatoms. The Hall–Kier alpha value is -2.37. The quantitative estimate of drug-likeness (QED) is 0.689. The van der Waals surface area contributed by atoms with Gasteiger partial charge in [-0.05, 0) is 24.1 Å². The summed E-state index contributed by atoms with van der Waals surface area (Å²) in [5.41, 5.74) is 2.52. The number of carboxylic acids is 1. The normalized spacial score (nSPS) is 14.5. The average molecular weight is 262 g/mol. The molecule has 0 aliphatic carbocycles. The summed E-state index contributed by atoms with van der Waals surface area (Å²) in [6, 6.07) is 5.40. The number of fused-ring (bicyclic) bond motifs is 1. The lowest BCUT2D eigenvalue weighted by Gasteiger charge is -2.09. The SMILES string of the molecule is CC(C(=O)O)C(=O)NCc1ccc2c(c1)CC(=O)N2. The van der Waals surface area contributed by atoms with E-state index in [0.29, 0.717) is 6.42 Å². The molecule has 3 N–H and O–H groups in total. The average Bonchev–Trinajstić information content (AvgIpc) is 2.74. The van der Waals surface area contributed by atoms with E-state index in [1.165, 1.54) is 6.92 Å². The van der Waals surface area contributed by atoms with Crippen molar-refractivity contribution in [3.8, 4) is 0 Å². The highest BCUT2D eigenvalue weighted by atomic mass is 16.4. The maximum Gasteiger partial charge on any atom is 0.315 e. The van der Waals surface area contributed by atoms with Gasteiger partial charge in [0.1, 0.15) is 5.92 Å². The second-order valence-electron chi connectivity index (χ2n) is 4.49. The fourth-order valence-electron chi connectivity index (χ4n) is 1.85. The van der Waals surface area contributed by atoms with Crippen molar-refractivity contribution in [2.75, 3.05) is 5.32 Å². The Morgan fingerprint density at radius 1 is 1.47 bits per heavy atom. The van der Waals surface area contributed by atoms with Crippen molar-refractivity contribution in [3.63, 3.8) is 0 Å². The molecule has 1 aliphatic rings. The van der Waals surface area contributed by atoms with E-state index >= 15 is 0 Å². The zero-order valence-corrected chi connectivity index (χ0v) is 10.4. The van der Waals surface area contributed by atoms with Gasteiger partial charge in [-0.3, -0.25) is 14.4 Å². The highest BCUT2D eigenvalue weighted by Gasteiger charge is 2.21. The van der Waals surface area contributed by atoms with Gasteiger partial charge in [-0.1, -0.05) is 12.1 Å². The van der Waals surface area contributed by atoms with E-state index in [0.717, 1.165) is 16.8 Å². The molecule has 1 aromatic rings. The fraction of sp³-hybridized carbons (Fsp3) is 0.308. The summed E-state index contributed by atoms with van der Waals surface area (Å²) in [5, 5.41) is 14.0. The smallest absolute Gasteiger partial charge is 0.315 e. The van der Waals surface area contributed by atoms with Gasteiger partial charge in [-0.15, -0.1) is 0 Å². The molecule has 1 unspecified atom stereocenters. The third-order valence-corrected chi connectivity index (χ3v) is 3.03. The van der Waals surface area contributed by atoms with E-state index in [1.54, 1.807) is 12.1 Å². The number of benzene rings is 1. The summed E-state index contributed by atoms with van der Waals surface area (Å²) in [7, 11) is 0. The monoisotopic (exact) mass is 262 g/mol. The summed E-state index contributed by atoms with van der Waals surface area (Å²) in [4.78, 5) is 33.3. The Morgan fingerprint density at radius 2 is 2.21 bits per heavy atom. The second-order valence-corrected chi connectivity index (χ2v) is 4.49. The summed E-state index contributed by atoms with van der Waals surface area (Å²) in [6.45, 7) is 1.58. The minimum Gasteiger partial charge on any atom is -0.481 e. The Bertz CT molecular complexity index is 554. The third-order valence-electron chi connectivity index (χ3n) is 3.03. The maximum absolute atomic E-state index is 11.5. The molecule has 0 fully saturated rings. The van der Waals surface area contributed by atoms with E-state index in [2.05, 4.69) is 10.6 Å². The maximum atomic E-state index is 11.5. The molecule has 0 aromatic heterocycles. The van der Waals surface area contributed by atoms with Gasteiger partial charge in [0.15, 0.2) is 0 Å². The Kier molecular flexibility index (Phi) is 3.50. The van der Waals surface area contributed by atoms with Crippen LogP contribution in [0, 0.1) is 5.92 Å². The van der Waals surface area contributed by atoms with Crippen LogP contribution < -0.4 is 10.6 Å². The molecule has 0 radical (unpaired) electrons. The van der Waals surface area contributed by atoms with Crippen LogP contribution in [0.25, 0.3) is 0 Å². The van der Waals surface area contributed by atoms with Gasteiger partial charge in [0.2, 0.25) is 11.8 Å². The van der Waals surface area contributed by atoms with Crippen molar-refractivity contribution in [1.82, 2.24) is 5.32 Å². The van der Waals surface area contributed by atoms with Crippen molar-refractivity contribution in [2.45, 2.75) is 19.9 Å². The molecule has 0 bridgehead atoms. The molecule has 0 saturated heterocycles. The fourth-order valence-corrected chi connectivity index (χ4v) is 1.85. The van der Waals surface area contributed by atoms with Gasteiger partial charge in [0.25, 0.3) is 0 Å². The molecular formula is C13H14N2O4. The number of aliphatic carboxylic acids is 1. The van der Waals surface area contributed by atoms with Crippen LogP contribution in [0.2, 0.25) is 0 Å². The summed E-state index contributed by atoms with van der Waals surface area (Å²) >= 11 is 0. The summed E-state index contributed by atoms with van der Waals surface area (Å²) in [6.07, 6.45) is 0.336. The number of rotatable bonds is 4. The van der Waals surface area contributed by atoms with Gasteiger partial charge in [0, 0.05) is 12.2 Å². The zero-order valence-electron chi connectivity index (χ0n) is 10.4. The molecular weight excluding hydrogens is 248 g/mol. The lowest BCUT2D eigenvalue weighted by Crippen LogP contribution is -2.33. The topological polar surface area (TPSA) is 95.5 Å². The van der Waals surface area contributed by atoms with Crippen LogP contribution in [0.4, 0.5) is 5.69 Å². The predicted octanol–water partition coefficient (Wildman–Crippen LogP) is 0.518. The first-order valence-electron chi connectivity index (χ1n) is 5.89. The van der Waals surface area contributed by atoms with E-state index in [9.17, 15) is 14.4 Å². The van der Waals surface area contributed by atoms with Crippen molar-refractivity contribution >= 4 is 23.5 Å². The number of amides is 2. The largest absolute Gasteiger partial charge is 0.481 e. The van der Waals surface area contributed by atoms with E-state index in [4.69, 9.17) is 5.11 Å². The highest BCUT2D eigenvalue weighted by molar-refractivity contribution is 5.99. The standard InChI is InChI=1S/C13H14N2O4/c1-7(13(18)19)12(17)14-6-8-2-3-10-9(4-8)5-11(16)15-10/h2-4,7H,5-6H2,1H3,(H,14,17)(H,15,16)(H,18,19). The van der Waals surface area contributed by atoms with Crippen molar-refractivity contribution in [3.05, 3.63) is 29.3 Å². The lowest BCUT2D eigenvalue weighted by atomic mass is 10.1. The van der Waals surface area contributed by atoms with Gasteiger partial charge >= 0.3 is 5.97 Å². The zero-order chi connectivity index (χ0) is 14.0. The second kappa shape index (κ2) is 5.09. The first kappa shape index (κ1) is 13.1. The molecule has 1 aliphatic heterocycles. The predicted molar refractivity (Wildman–Crippen MR) is 67.4 cm³/mol. The van der Waals surface area contributed by atoms with Crippen LogP contribution in [0.1, 0.15) is 18.1 Å². The molecule has 1 aromatic carbocycles. The number of hydrogen-bond acceptors (Lipinski definition) is 3. The number of nitrogens with one attached hydrogen (secondary N) is 2. The molecule has 19 heavy (non-hydrogen) atoms. The summed E-state index contributed by atoms with van der Waals surface area (Å²) in [5.74, 6) is -2.79. The first-order valence-corrected chi connectivity index (χ1v) is 5.89. The van der Waals surface area contributed by atoms with Gasteiger partial charge in [-0.2, -0.15) is 0 Å². The van der Waals surface area contributed by atoms with Crippen molar-refractivity contribution in [1.29, 1.82) is 0 Å². The Morgan fingerprint density at radius 3 is 2.89 bits per heavy atom. The highest BCUT2D eigenvalue weighted by Crippen LogP contribution is 2.23. The number of hydrogen-bond donors (Lipinski definition) is 3. The number of carbonyl (C=O) groups excluding carboxylic acids is 2. The summed E-state index contributed by atoms with van der Waals surface area (Å²) < 4.78 is 0. The Balaban J connectivity index is 1.98. The van der Waals surface area contributed by atoms with Crippen LogP contribution in [0.15, 0.2) is 18.2 Å². The molecule has 1 atom stereocenters. The number of anilines is 1. The molecule has 100 valence electrons. The molecule has 0 saturated carbocycles. The van der Waals surface area contributed by atoms with Gasteiger partial charge in [0.05, 0.1) is 6.42 Å². The molecule has 6 nitrogen and oxygen atoms in total. The third kappa shape index (κ3) is 2.90. The molecule has 0 spiro atoms. The van der Waals surface area contributed by atoms with Crippen LogP contribution in [0.3, 0.4) is 0 Å². The molecule has 1 heterocycles. The van der Waals surface area contributed by atoms with Crippen LogP contribution in [-0.4, -0.2) is 22.9 Å².